The molecule has 20 heavy (non-hydrogen) atoms. The topological polar surface area (TPSA) is 12.0 Å². The smallest absolute Gasteiger partial charge is 0.0548 e. The third-order valence-electron chi connectivity index (χ3n) is 3.32. The van der Waals surface area contributed by atoms with Crippen LogP contribution in [0.4, 0.5) is 0 Å². The van der Waals surface area contributed by atoms with E-state index in [-0.39, 0.29) is 0 Å². The van der Waals surface area contributed by atoms with Gasteiger partial charge in [-0.1, -0.05) is 61.3 Å². The molecule has 0 radical (unpaired) electrons. The van der Waals surface area contributed by atoms with Crippen molar-refractivity contribution in [1.82, 2.24) is 5.32 Å². The van der Waals surface area contributed by atoms with E-state index in [2.05, 4.69) is 70.6 Å². The maximum Gasteiger partial charge on any atom is 0.0548 e. The van der Waals surface area contributed by atoms with E-state index in [1.54, 1.807) is 0 Å². The lowest BCUT2D eigenvalue weighted by Gasteiger charge is -2.19. The van der Waals surface area contributed by atoms with Crippen LogP contribution in [0.5, 0.6) is 0 Å². The van der Waals surface area contributed by atoms with Gasteiger partial charge in [0, 0.05) is 17.1 Å². The van der Waals surface area contributed by atoms with Gasteiger partial charge in [-0.25, -0.2) is 0 Å². The molecule has 1 nitrogen and oxygen atoms in total. The molecule has 0 amide bonds. The molecule has 0 bridgehead atoms. The third-order valence-corrected chi connectivity index (χ3v) is 4.53. The second-order valence-corrected chi connectivity index (χ2v) is 6.14. The van der Waals surface area contributed by atoms with E-state index >= 15 is 0 Å². The van der Waals surface area contributed by atoms with Crippen molar-refractivity contribution in [3.63, 3.8) is 0 Å². The predicted molar refractivity (Wildman–Crippen MR) is 90.1 cm³/mol. The molecule has 2 aromatic carbocycles. The van der Waals surface area contributed by atoms with Crippen LogP contribution in [0.1, 0.15) is 36.9 Å². The minimum Gasteiger partial charge on any atom is -0.306 e. The maximum atomic E-state index is 6.02. The molecule has 1 atom stereocenters. The largest absolute Gasteiger partial charge is 0.306 e. The van der Waals surface area contributed by atoms with E-state index in [9.17, 15) is 0 Å². The van der Waals surface area contributed by atoms with Gasteiger partial charge in [0.15, 0.2) is 0 Å². The van der Waals surface area contributed by atoms with Crippen molar-refractivity contribution in [3.8, 4) is 0 Å². The third kappa shape index (κ3) is 4.34. The first-order chi connectivity index (χ1) is 9.70. The minimum absolute atomic E-state index is 0.399. The van der Waals surface area contributed by atoms with Crippen molar-refractivity contribution < 1.29 is 0 Å². The van der Waals surface area contributed by atoms with Gasteiger partial charge >= 0.3 is 0 Å². The summed E-state index contributed by atoms with van der Waals surface area (Å²) >= 11 is 9.49. The van der Waals surface area contributed by atoms with Crippen LogP contribution in [0.15, 0.2) is 53.0 Å². The second-order valence-electron chi connectivity index (χ2n) is 4.88. The molecule has 0 saturated heterocycles. The number of nitrogens with one attached hydrogen (secondary N) is 1. The van der Waals surface area contributed by atoms with Crippen LogP contribution in [0, 0.1) is 0 Å². The van der Waals surface area contributed by atoms with E-state index in [4.69, 9.17) is 11.6 Å². The number of rotatable bonds is 6. The Kier molecular flexibility index (Phi) is 6.08. The first-order valence-corrected chi connectivity index (χ1v) is 8.10. The lowest BCUT2D eigenvalue weighted by Crippen LogP contribution is -2.20. The first-order valence-electron chi connectivity index (χ1n) is 6.93. The average molecular weight is 353 g/mol. The lowest BCUT2D eigenvalue weighted by molar-refractivity contribution is 0.493. The van der Waals surface area contributed by atoms with Gasteiger partial charge < -0.3 is 5.32 Å². The van der Waals surface area contributed by atoms with E-state index in [0.29, 0.717) is 6.04 Å². The Morgan fingerprint density at radius 2 is 1.90 bits per heavy atom. The van der Waals surface area contributed by atoms with Gasteiger partial charge in [-0.3, -0.25) is 0 Å². The van der Waals surface area contributed by atoms with Crippen LogP contribution in [-0.2, 0) is 6.54 Å². The predicted octanol–water partition coefficient (Wildman–Crippen LogP) is 5.73. The Balaban J connectivity index is 2.03. The van der Waals surface area contributed by atoms with E-state index in [1.807, 2.05) is 6.07 Å². The fourth-order valence-corrected chi connectivity index (χ4v) is 2.79. The standard InChI is InChI=1S/C17H19BrClN/c1-2-6-17(14-7-4-3-5-8-14)20-12-13-9-10-16(19)15(18)11-13/h3-5,7-11,17,20H,2,6,12H2,1H3. The Morgan fingerprint density at radius 1 is 1.15 bits per heavy atom. The average Bonchev–Trinajstić information content (AvgIpc) is 2.48. The highest BCUT2D eigenvalue weighted by atomic mass is 79.9. The molecule has 1 N–H and O–H groups in total. The van der Waals surface area contributed by atoms with Gasteiger partial charge in [0.1, 0.15) is 0 Å². The van der Waals surface area contributed by atoms with Crippen LogP contribution < -0.4 is 5.32 Å². The number of benzene rings is 2. The maximum absolute atomic E-state index is 6.02. The van der Waals surface area contributed by atoms with Crippen molar-refractivity contribution in [1.29, 1.82) is 0 Å². The van der Waals surface area contributed by atoms with Crippen LogP contribution >= 0.6 is 27.5 Å². The molecular weight excluding hydrogens is 334 g/mol. The summed E-state index contributed by atoms with van der Waals surface area (Å²) in [5.41, 5.74) is 2.58. The molecule has 0 aliphatic rings. The normalized spacial score (nSPS) is 12.3. The van der Waals surface area contributed by atoms with Crippen LogP contribution in [0.25, 0.3) is 0 Å². The van der Waals surface area contributed by atoms with Gasteiger partial charge in [-0.05, 0) is 45.6 Å². The first kappa shape index (κ1) is 15.6. The summed E-state index contributed by atoms with van der Waals surface area (Å²) < 4.78 is 0.949. The van der Waals surface area contributed by atoms with Crippen molar-refractivity contribution in [2.75, 3.05) is 0 Å². The summed E-state index contributed by atoms with van der Waals surface area (Å²) in [7, 11) is 0. The fourth-order valence-electron chi connectivity index (χ4n) is 2.25. The monoisotopic (exact) mass is 351 g/mol. The second kappa shape index (κ2) is 7.82. The van der Waals surface area contributed by atoms with Crippen LogP contribution in [0.3, 0.4) is 0 Å². The highest BCUT2D eigenvalue weighted by molar-refractivity contribution is 9.10. The molecule has 0 heterocycles. The van der Waals surface area contributed by atoms with Gasteiger partial charge in [-0.15, -0.1) is 0 Å². The fraction of sp³-hybridized carbons (Fsp3) is 0.294. The summed E-state index contributed by atoms with van der Waals surface area (Å²) in [6, 6.07) is 17.1. The van der Waals surface area contributed by atoms with Crippen molar-refractivity contribution in [2.45, 2.75) is 32.4 Å². The van der Waals surface area contributed by atoms with Gasteiger partial charge in [0.05, 0.1) is 5.02 Å². The quantitative estimate of drug-likeness (QED) is 0.699. The van der Waals surface area contributed by atoms with Crippen molar-refractivity contribution >= 4 is 27.5 Å². The Bertz CT molecular complexity index is 542. The zero-order valence-electron chi connectivity index (χ0n) is 11.6. The van der Waals surface area contributed by atoms with E-state index < -0.39 is 0 Å². The Morgan fingerprint density at radius 3 is 2.55 bits per heavy atom. The Hall–Kier alpha value is -0.830. The zero-order chi connectivity index (χ0) is 14.4. The lowest BCUT2D eigenvalue weighted by atomic mass is 10.0. The zero-order valence-corrected chi connectivity index (χ0v) is 13.9. The molecule has 2 rings (SSSR count). The molecule has 0 fully saturated rings. The molecule has 106 valence electrons. The van der Waals surface area contributed by atoms with Crippen LogP contribution in [-0.4, -0.2) is 0 Å². The molecule has 0 aliphatic carbocycles. The van der Waals surface area contributed by atoms with Crippen molar-refractivity contribution in [3.05, 3.63) is 69.2 Å². The molecule has 0 saturated carbocycles. The number of hydrogen-bond donors (Lipinski definition) is 1. The van der Waals surface area contributed by atoms with Crippen LogP contribution in [0.2, 0.25) is 5.02 Å². The number of hydrogen-bond acceptors (Lipinski definition) is 1. The summed E-state index contributed by atoms with van der Waals surface area (Å²) in [5, 5.41) is 4.39. The van der Waals surface area contributed by atoms with Gasteiger partial charge in [0.2, 0.25) is 0 Å². The molecule has 3 heteroatoms. The summed E-state index contributed by atoms with van der Waals surface area (Å²) in [6.45, 7) is 3.06. The highest BCUT2D eigenvalue weighted by Gasteiger charge is 2.09. The van der Waals surface area contributed by atoms with Gasteiger partial charge in [-0.2, -0.15) is 0 Å². The molecule has 0 aromatic heterocycles. The highest BCUT2D eigenvalue weighted by Crippen LogP contribution is 2.24. The Labute approximate surface area is 134 Å². The molecule has 2 aromatic rings. The van der Waals surface area contributed by atoms with E-state index in [1.165, 1.54) is 11.1 Å². The minimum atomic E-state index is 0.399. The molecular formula is C17H19BrClN. The molecule has 0 spiro atoms. The summed E-state index contributed by atoms with van der Waals surface area (Å²) in [4.78, 5) is 0. The van der Waals surface area contributed by atoms with E-state index in [0.717, 1.165) is 28.9 Å². The summed E-state index contributed by atoms with van der Waals surface area (Å²) in [6.07, 6.45) is 2.30. The molecule has 0 aliphatic heterocycles. The number of halogens is 2. The SMILES string of the molecule is CCCC(NCc1ccc(Cl)c(Br)c1)c1ccccc1. The molecule has 1 unspecified atom stereocenters. The van der Waals surface area contributed by atoms with Crippen molar-refractivity contribution in [2.24, 2.45) is 0 Å². The van der Waals surface area contributed by atoms with Gasteiger partial charge in [0.25, 0.3) is 0 Å². The summed E-state index contributed by atoms with van der Waals surface area (Å²) in [5.74, 6) is 0.